The van der Waals surface area contributed by atoms with Crippen molar-refractivity contribution >= 4 is 21.8 Å². The van der Waals surface area contributed by atoms with Gasteiger partial charge in [-0.25, -0.2) is 4.79 Å². The van der Waals surface area contributed by atoms with Crippen LogP contribution in [-0.4, -0.2) is 27.3 Å². The van der Waals surface area contributed by atoms with E-state index in [0.717, 1.165) is 0 Å². The summed E-state index contributed by atoms with van der Waals surface area (Å²) in [5, 5.41) is 0. The standard InChI is InChI=1S/C12H14BrN3O3/c13-5-2-1-3-10(17)16-6-4-8-9(7-16)14-12(19)15-11(8)18/h2,5H,1,3-4,6-7H2,(H2,14,15,18,19)/b5-2+. The van der Waals surface area contributed by atoms with Gasteiger partial charge in [-0.1, -0.05) is 22.0 Å². The molecule has 1 aliphatic rings. The zero-order chi connectivity index (χ0) is 13.8. The Morgan fingerprint density at radius 1 is 1.37 bits per heavy atom. The Labute approximate surface area is 117 Å². The van der Waals surface area contributed by atoms with Crippen LogP contribution in [-0.2, 0) is 17.8 Å². The number of amides is 1. The van der Waals surface area contributed by atoms with Gasteiger partial charge in [-0.05, 0) is 17.8 Å². The molecule has 0 bridgehead atoms. The maximum Gasteiger partial charge on any atom is 0.325 e. The number of halogens is 1. The van der Waals surface area contributed by atoms with Crippen molar-refractivity contribution in [3.63, 3.8) is 0 Å². The maximum atomic E-state index is 12.0. The fraction of sp³-hybridized carbons (Fsp3) is 0.417. The predicted octanol–water partition coefficient (Wildman–Crippen LogP) is 0.637. The van der Waals surface area contributed by atoms with Crippen molar-refractivity contribution in [2.75, 3.05) is 6.54 Å². The molecule has 1 amide bonds. The molecule has 0 saturated heterocycles. The molecule has 6 nitrogen and oxygen atoms in total. The van der Waals surface area contributed by atoms with Crippen molar-refractivity contribution < 1.29 is 4.79 Å². The lowest BCUT2D eigenvalue weighted by atomic mass is 10.1. The molecular weight excluding hydrogens is 314 g/mol. The molecule has 1 aliphatic heterocycles. The monoisotopic (exact) mass is 327 g/mol. The van der Waals surface area contributed by atoms with E-state index in [4.69, 9.17) is 0 Å². The van der Waals surface area contributed by atoms with Gasteiger partial charge in [0.25, 0.3) is 5.56 Å². The fourth-order valence-electron chi connectivity index (χ4n) is 2.12. The van der Waals surface area contributed by atoms with Crippen LogP contribution in [0.25, 0.3) is 0 Å². The molecule has 2 heterocycles. The highest BCUT2D eigenvalue weighted by Crippen LogP contribution is 2.13. The fourth-order valence-corrected chi connectivity index (χ4v) is 2.38. The van der Waals surface area contributed by atoms with Gasteiger partial charge in [0, 0.05) is 24.2 Å². The Hall–Kier alpha value is -1.63. The number of aromatic nitrogens is 2. The minimum atomic E-state index is -0.528. The first kappa shape index (κ1) is 13.8. The van der Waals surface area contributed by atoms with E-state index in [0.29, 0.717) is 43.6 Å². The number of fused-ring (bicyclic) bond motifs is 1. The molecule has 0 spiro atoms. The van der Waals surface area contributed by atoms with Gasteiger partial charge in [-0.2, -0.15) is 0 Å². The summed E-state index contributed by atoms with van der Waals surface area (Å²) in [7, 11) is 0. The number of hydrogen-bond acceptors (Lipinski definition) is 3. The predicted molar refractivity (Wildman–Crippen MR) is 74.1 cm³/mol. The van der Waals surface area contributed by atoms with Crippen LogP contribution in [0.1, 0.15) is 24.1 Å². The Morgan fingerprint density at radius 2 is 2.16 bits per heavy atom. The third kappa shape index (κ3) is 3.23. The number of rotatable bonds is 3. The van der Waals surface area contributed by atoms with Gasteiger partial charge >= 0.3 is 5.69 Å². The van der Waals surface area contributed by atoms with E-state index in [9.17, 15) is 14.4 Å². The molecule has 2 N–H and O–H groups in total. The summed E-state index contributed by atoms with van der Waals surface area (Å²) in [6, 6.07) is 0. The van der Waals surface area contributed by atoms with E-state index in [2.05, 4.69) is 25.9 Å². The number of nitrogens with zero attached hydrogens (tertiary/aromatic N) is 1. The summed E-state index contributed by atoms with van der Waals surface area (Å²) in [5.41, 5.74) is 0.238. The van der Waals surface area contributed by atoms with E-state index in [1.807, 2.05) is 6.08 Å². The SMILES string of the molecule is O=C(CC/C=C/Br)N1CCc2c([nH]c(=O)[nH]c2=O)C1. The van der Waals surface area contributed by atoms with Gasteiger partial charge in [-0.15, -0.1) is 0 Å². The van der Waals surface area contributed by atoms with Crippen LogP contribution in [0.3, 0.4) is 0 Å². The highest BCUT2D eigenvalue weighted by Gasteiger charge is 2.22. The topological polar surface area (TPSA) is 86.0 Å². The Morgan fingerprint density at radius 3 is 2.89 bits per heavy atom. The molecule has 102 valence electrons. The van der Waals surface area contributed by atoms with Crippen LogP contribution in [0, 0.1) is 0 Å². The summed E-state index contributed by atoms with van der Waals surface area (Å²) in [6.45, 7) is 0.810. The minimum absolute atomic E-state index is 0.0254. The zero-order valence-corrected chi connectivity index (χ0v) is 11.8. The van der Waals surface area contributed by atoms with Crippen molar-refractivity contribution in [1.82, 2.24) is 14.9 Å². The van der Waals surface area contributed by atoms with Crippen LogP contribution in [0.2, 0.25) is 0 Å². The molecule has 0 radical (unpaired) electrons. The minimum Gasteiger partial charge on any atom is -0.337 e. The van der Waals surface area contributed by atoms with Crippen LogP contribution in [0.5, 0.6) is 0 Å². The van der Waals surface area contributed by atoms with E-state index < -0.39 is 5.69 Å². The average molecular weight is 328 g/mol. The van der Waals surface area contributed by atoms with Crippen molar-refractivity contribution in [3.05, 3.63) is 43.2 Å². The first-order valence-corrected chi connectivity index (χ1v) is 6.90. The second kappa shape index (κ2) is 6.01. The molecule has 1 aromatic heterocycles. The van der Waals surface area contributed by atoms with Crippen LogP contribution in [0.15, 0.2) is 20.7 Å². The number of carbonyl (C=O) groups is 1. The maximum absolute atomic E-state index is 12.0. The van der Waals surface area contributed by atoms with Crippen molar-refractivity contribution in [2.45, 2.75) is 25.8 Å². The summed E-state index contributed by atoms with van der Waals surface area (Å²) in [4.78, 5) is 42.9. The summed E-state index contributed by atoms with van der Waals surface area (Å²) in [5.74, 6) is 0.0254. The second-order valence-electron chi connectivity index (χ2n) is 4.33. The van der Waals surface area contributed by atoms with E-state index in [1.54, 1.807) is 9.89 Å². The number of carbonyl (C=O) groups excluding carboxylic acids is 1. The summed E-state index contributed by atoms with van der Waals surface area (Å²) < 4.78 is 0. The molecule has 0 fully saturated rings. The lowest BCUT2D eigenvalue weighted by Crippen LogP contribution is -2.41. The van der Waals surface area contributed by atoms with Crippen molar-refractivity contribution in [2.24, 2.45) is 0 Å². The Bertz CT molecular complexity index is 617. The van der Waals surface area contributed by atoms with E-state index in [1.165, 1.54) is 0 Å². The van der Waals surface area contributed by atoms with Gasteiger partial charge in [0.1, 0.15) is 0 Å². The highest BCUT2D eigenvalue weighted by atomic mass is 79.9. The molecule has 7 heteroatoms. The number of allylic oxidation sites excluding steroid dienone is 1. The molecule has 0 atom stereocenters. The molecule has 1 aromatic rings. The lowest BCUT2D eigenvalue weighted by molar-refractivity contribution is -0.132. The Balaban J connectivity index is 2.11. The molecule has 0 saturated carbocycles. The molecule has 0 aliphatic carbocycles. The van der Waals surface area contributed by atoms with Gasteiger partial charge in [0.15, 0.2) is 0 Å². The molecule has 19 heavy (non-hydrogen) atoms. The van der Waals surface area contributed by atoms with Crippen LogP contribution < -0.4 is 11.2 Å². The molecular formula is C12H14BrN3O3. The first-order chi connectivity index (χ1) is 9.11. The smallest absolute Gasteiger partial charge is 0.325 e. The van der Waals surface area contributed by atoms with E-state index >= 15 is 0 Å². The van der Waals surface area contributed by atoms with Gasteiger partial charge in [0.05, 0.1) is 6.54 Å². The average Bonchev–Trinajstić information content (AvgIpc) is 2.38. The first-order valence-electron chi connectivity index (χ1n) is 5.99. The number of nitrogens with one attached hydrogen (secondary N) is 2. The number of aromatic amines is 2. The zero-order valence-electron chi connectivity index (χ0n) is 10.2. The molecule has 2 rings (SSSR count). The quantitative estimate of drug-likeness (QED) is 0.854. The Kier molecular flexibility index (Phi) is 4.36. The summed E-state index contributed by atoms with van der Waals surface area (Å²) >= 11 is 3.15. The van der Waals surface area contributed by atoms with Gasteiger partial charge < -0.3 is 9.88 Å². The number of H-pyrrole nitrogens is 2. The van der Waals surface area contributed by atoms with Crippen LogP contribution in [0.4, 0.5) is 0 Å². The van der Waals surface area contributed by atoms with Crippen LogP contribution >= 0.6 is 15.9 Å². The van der Waals surface area contributed by atoms with Crippen molar-refractivity contribution in [3.8, 4) is 0 Å². The highest BCUT2D eigenvalue weighted by molar-refractivity contribution is 9.11. The van der Waals surface area contributed by atoms with E-state index in [-0.39, 0.29) is 11.5 Å². The summed E-state index contributed by atoms with van der Waals surface area (Å²) in [6.07, 6.45) is 3.42. The lowest BCUT2D eigenvalue weighted by Gasteiger charge is -2.27. The van der Waals surface area contributed by atoms with Gasteiger partial charge in [0.2, 0.25) is 5.91 Å². The normalized spacial score (nSPS) is 14.7. The van der Waals surface area contributed by atoms with Crippen molar-refractivity contribution in [1.29, 1.82) is 0 Å². The molecule has 0 aromatic carbocycles. The third-order valence-corrected chi connectivity index (χ3v) is 3.45. The molecule has 0 unspecified atom stereocenters. The third-order valence-electron chi connectivity index (χ3n) is 3.08. The number of hydrogen-bond donors (Lipinski definition) is 2. The largest absolute Gasteiger partial charge is 0.337 e. The second-order valence-corrected chi connectivity index (χ2v) is 4.86. The van der Waals surface area contributed by atoms with Gasteiger partial charge in [-0.3, -0.25) is 14.6 Å².